The molecule has 0 aliphatic carbocycles. The van der Waals surface area contributed by atoms with Crippen LogP contribution >= 0.6 is 0 Å². The summed E-state index contributed by atoms with van der Waals surface area (Å²) in [6.07, 6.45) is 0. The first kappa shape index (κ1) is 47.6. The summed E-state index contributed by atoms with van der Waals surface area (Å²) in [5, 5.41) is 10.8. The molecule has 0 unspecified atom stereocenters. The molecule has 6 N–H and O–H groups in total. The summed E-state index contributed by atoms with van der Waals surface area (Å²) in [5.41, 5.74) is 0. The van der Waals surface area contributed by atoms with Crippen molar-refractivity contribution in [3.8, 4) is 0 Å². The van der Waals surface area contributed by atoms with E-state index in [0.717, 1.165) is 0 Å². The Morgan fingerprint density at radius 1 is 0.355 bits per heavy atom. The van der Waals surface area contributed by atoms with Crippen molar-refractivity contribution in [3.05, 3.63) is 0 Å². The van der Waals surface area contributed by atoms with Gasteiger partial charge >= 0.3 is 0 Å². The van der Waals surface area contributed by atoms with Crippen LogP contribution in [0.5, 0.6) is 0 Å². The molecule has 0 rings (SSSR count). The molecule has 12 nitrogen and oxygen atoms in total. The van der Waals surface area contributed by atoms with Crippen molar-refractivity contribution in [1.29, 1.82) is 0 Å². The molecule has 0 radical (unpaired) electrons. The van der Waals surface area contributed by atoms with Crippen molar-refractivity contribution in [2.45, 2.75) is 0 Å². The molecular weight excluding hydrogens is 613 g/mol. The van der Waals surface area contributed by atoms with E-state index in [2.05, 4.69) is 108 Å². The zero-order chi connectivity index (χ0) is 25.7. The van der Waals surface area contributed by atoms with Gasteiger partial charge in [0.05, 0.1) is 31.4 Å². The van der Waals surface area contributed by atoms with Crippen molar-refractivity contribution in [2.24, 2.45) is 0 Å². The zero-order valence-corrected chi connectivity index (χ0v) is 24.2. The van der Waals surface area contributed by atoms with Crippen molar-refractivity contribution < 1.29 is 49.8 Å². The SMILES string of the molecule is CNC(=O)[S-].CNC(=O)[S-].CNC(=O)[S-].CNC(=O)[S-].CNC(=O)[S-].CNC(=O)[S-].[Mo]. The van der Waals surface area contributed by atoms with Crippen molar-refractivity contribution >= 4 is 107 Å². The van der Waals surface area contributed by atoms with Crippen LogP contribution in [-0.4, -0.2) is 73.7 Å². The van der Waals surface area contributed by atoms with Crippen LogP contribution in [0.3, 0.4) is 0 Å². The van der Waals surface area contributed by atoms with Crippen molar-refractivity contribution in [2.75, 3.05) is 42.3 Å². The number of hydrogen-bond donors (Lipinski definition) is 6. The van der Waals surface area contributed by atoms with Crippen molar-refractivity contribution in [1.82, 2.24) is 31.9 Å². The van der Waals surface area contributed by atoms with E-state index in [1.807, 2.05) is 0 Å². The molecule has 0 aromatic rings. The maximum atomic E-state index is 9.52. The molecule has 0 aliphatic heterocycles. The fraction of sp³-hybridized carbons (Fsp3) is 0.500. The van der Waals surface area contributed by atoms with Gasteiger partial charge in [-0.15, -0.1) is 0 Å². The van der Waals surface area contributed by atoms with Gasteiger partial charge in [0.1, 0.15) is 0 Å². The molecule has 0 bridgehead atoms. The molecule has 0 aromatic carbocycles. The second-order valence-electron chi connectivity index (χ2n) is 3.22. The Balaban J connectivity index is -0.0000000443. The predicted octanol–water partition coefficient (Wildman–Crippen LogP) is -0.766. The number of rotatable bonds is 0. The molecule has 0 spiro atoms. The predicted molar refractivity (Wildman–Crippen MR) is 131 cm³/mol. The average molecular weight is 637 g/mol. The van der Waals surface area contributed by atoms with E-state index in [4.69, 9.17) is 0 Å². The van der Waals surface area contributed by atoms with Crippen LogP contribution in [0, 0.1) is 0 Å². The molecule has 0 aliphatic rings. The third-order valence-electron chi connectivity index (χ3n) is 1.22. The first-order valence-corrected chi connectivity index (χ1v) is 9.40. The normalized spacial score (nSPS) is 6.39. The maximum Gasteiger partial charge on any atom is 0.0978 e. The van der Waals surface area contributed by atoms with E-state index in [0.29, 0.717) is 0 Å². The minimum absolute atomic E-state index is 0. The molecule has 0 saturated carbocycles. The molecule has 6 amide bonds. The van der Waals surface area contributed by atoms with E-state index in [9.17, 15) is 28.8 Å². The van der Waals surface area contributed by atoms with E-state index < -0.39 is 31.4 Å². The van der Waals surface area contributed by atoms with Gasteiger partial charge in [0.2, 0.25) is 0 Å². The number of amides is 6. The van der Waals surface area contributed by atoms with Gasteiger partial charge in [0, 0.05) is 63.4 Å². The fourth-order valence-corrected chi connectivity index (χ4v) is 0. The van der Waals surface area contributed by atoms with Crippen LogP contribution in [0.2, 0.25) is 0 Å². The quantitative estimate of drug-likeness (QED) is 0.145. The van der Waals surface area contributed by atoms with Gasteiger partial charge in [0.25, 0.3) is 0 Å². The van der Waals surface area contributed by atoms with Gasteiger partial charge in [-0.25, -0.2) is 0 Å². The number of hydrogen-bond acceptors (Lipinski definition) is 12. The number of carbonyl (C=O) groups is 6. The summed E-state index contributed by atoms with van der Waals surface area (Å²) in [7, 11) is 8.97. The van der Waals surface area contributed by atoms with Gasteiger partial charge in [-0.05, 0) is 0 Å². The average Bonchev–Trinajstić information content (AvgIpc) is 2.69. The maximum absolute atomic E-state index is 9.52. The Morgan fingerprint density at radius 3 is 0.387 bits per heavy atom. The molecule has 186 valence electrons. The topological polar surface area (TPSA) is 175 Å². The van der Waals surface area contributed by atoms with Crippen LogP contribution in [0.15, 0.2) is 0 Å². The van der Waals surface area contributed by atoms with Crippen LogP contribution in [-0.2, 0) is 96.8 Å². The summed E-state index contributed by atoms with van der Waals surface area (Å²) in [5.74, 6) is 0. The molecule has 0 fully saturated rings. The van der Waals surface area contributed by atoms with E-state index in [-0.39, 0.29) is 21.1 Å². The van der Waals surface area contributed by atoms with Crippen LogP contribution in [0.1, 0.15) is 0 Å². The van der Waals surface area contributed by atoms with Gasteiger partial charge in [-0.3, -0.25) is 0 Å². The Labute approximate surface area is 229 Å². The van der Waals surface area contributed by atoms with Gasteiger partial charge < -0.3 is 136 Å². The minimum atomic E-state index is -0.412. The third-order valence-corrected chi connectivity index (χ3v) is 2.45. The summed E-state index contributed by atoms with van der Waals surface area (Å²) in [4.78, 5) is 57.1. The van der Waals surface area contributed by atoms with Crippen LogP contribution in [0.4, 0.5) is 28.8 Å². The van der Waals surface area contributed by atoms with Gasteiger partial charge in [-0.1, -0.05) is 0 Å². The summed E-state index contributed by atoms with van der Waals surface area (Å²) in [6, 6.07) is 0. The van der Waals surface area contributed by atoms with Crippen molar-refractivity contribution in [3.63, 3.8) is 0 Å². The molecular formula is C12H24MoN6O6S6-6. The molecule has 0 heterocycles. The monoisotopic (exact) mass is 638 g/mol. The van der Waals surface area contributed by atoms with Crippen LogP contribution < -0.4 is 31.9 Å². The second-order valence-corrected chi connectivity index (χ2v) is 5.45. The molecule has 0 saturated heterocycles. The Bertz CT molecular complexity index is 384. The second kappa shape index (κ2) is 42.8. The molecule has 31 heavy (non-hydrogen) atoms. The summed E-state index contributed by atoms with van der Waals surface area (Å²) in [6.45, 7) is 0. The zero-order valence-electron chi connectivity index (χ0n) is 17.3. The molecule has 0 aromatic heterocycles. The first-order chi connectivity index (χ1) is 13.6. The Hall–Kier alpha value is -1.17. The smallest absolute Gasteiger partial charge is 0.0978 e. The van der Waals surface area contributed by atoms with Crippen LogP contribution in [0.25, 0.3) is 0 Å². The Kier molecular flexibility index (Phi) is 65.7. The first-order valence-electron chi connectivity index (χ1n) is 6.95. The number of nitrogens with one attached hydrogen (secondary N) is 6. The minimum Gasteiger partial charge on any atom is -0.719 e. The van der Waals surface area contributed by atoms with Gasteiger partial charge in [-0.2, -0.15) is 0 Å². The third kappa shape index (κ3) is 177. The largest absolute Gasteiger partial charge is 0.719 e. The molecule has 19 heteroatoms. The standard InChI is InChI=1S/6C2H5NOS.Mo/c6*1-3-2(4)5;/h6*1H3,(H2,3,4,5);/p-6. The fourth-order valence-electron chi connectivity index (χ4n) is 0. The number of carbonyl (C=O) groups excluding carboxylic acids is 6. The summed E-state index contributed by atoms with van der Waals surface area (Å²) < 4.78 is 0. The van der Waals surface area contributed by atoms with E-state index >= 15 is 0 Å². The molecule has 0 atom stereocenters. The summed E-state index contributed by atoms with van der Waals surface area (Å²) >= 11 is 24.2. The van der Waals surface area contributed by atoms with Gasteiger partial charge in [0.15, 0.2) is 0 Å². The van der Waals surface area contributed by atoms with E-state index in [1.165, 1.54) is 42.3 Å². The Morgan fingerprint density at radius 2 is 0.387 bits per heavy atom. The van der Waals surface area contributed by atoms with E-state index in [1.54, 1.807) is 0 Å².